The van der Waals surface area contributed by atoms with Crippen molar-refractivity contribution in [2.75, 3.05) is 6.54 Å². The van der Waals surface area contributed by atoms with Gasteiger partial charge in [0.1, 0.15) is 5.52 Å². The van der Waals surface area contributed by atoms with E-state index in [0.29, 0.717) is 13.1 Å². The number of para-hydroxylation sites is 1. The Labute approximate surface area is 160 Å². The lowest BCUT2D eigenvalue weighted by Crippen LogP contribution is -2.35. The quantitative estimate of drug-likeness (QED) is 0.549. The number of benzene rings is 2. The summed E-state index contributed by atoms with van der Waals surface area (Å²) in [6.45, 7) is 2.14. The summed E-state index contributed by atoms with van der Waals surface area (Å²) in [5.41, 5.74) is 5.02. The van der Waals surface area contributed by atoms with Gasteiger partial charge >= 0.3 is 0 Å². The molecule has 6 heteroatoms. The summed E-state index contributed by atoms with van der Waals surface area (Å²) in [5.74, 6) is 0.101. The lowest BCUT2D eigenvalue weighted by molar-refractivity contribution is 0.0736. The van der Waals surface area contributed by atoms with E-state index in [1.165, 1.54) is 10.4 Å². The summed E-state index contributed by atoms with van der Waals surface area (Å²) in [6.07, 6.45) is 0.955. The molecule has 4 aromatic rings. The number of nitrogens with zero attached hydrogens (tertiary/aromatic N) is 4. The summed E-state index contributed by atoms with van der Waals surface area (Å²) < 4.78 is 1.88. The molecule has 1 amide bonds. The molecule has 1 aliphatic rings. The number of fused-ring (bicyclic) bond motifs is 2. The number of hydrogen-bond donors (Lipinski definition) is 0. The summed E-state index contributed by atoms with van der Waals surface area (Å²) >= 11 is 1.79. The molecule has 5 nitrogen and oxygen atoms in total. The van der Waals surface area contributed by atoms with Gasteiger partial charge in [0, 0.05) is 23.5 Å². The van der Waals surface area contributed by atoms with Gasteiger partial charge in [-0.25, -0.2) is 4.68 Å². The van der Waals surface area contributed by atoms with E-state index >= 15 is 0 Å². The first-order valence-electron chi connectivity index (χ1n) is 8.99. The normalized spacial score (nSPS) is 13.7. The predicted molar refractivity (Wildman–Crippen MR) is 106 cm³/mol. The molecule has 134 valence electrons. The van der Waals surface area contributed by atoms with Gasteiger partial charge in [0.2, 0.25) is 0 Å². The van der Waals surface area contributed by atoms with Crippen LogP contribution in [-0.4, -0.2) is 32.3 Å². The topological polar surface area (TPSA) is 51.0 Å². The van der Waals surface area contributed by atoms with Gasteiger partial charge < -0.3 is 4.90 Å². The van der Waals surface area contributed by atoms with E-state index in [0.717, 1.165) is 35.1 Å². The number of hydrogen-bond acceptors (Lipinski definition) is 4. The van der Waals surface area contributed by atoms with Crippen LogP contribution in [0.25, 0.3) is 11.0 Å². The van der Waals surface area contributed by atoms with Gasteiger partial charge in [-0.2, -0.15) is 0 Å². The molecule has 0 unspecified atom stereocenters. The minimum atomic E-state index is 0.101. The van der Waals surface area contributed by atoms with E-state index in [9.17, 15) is 4.79 Å². The monoisotopic (exact) mass is 374 g/mol. The van der Waals surface area contributed by atoms with Crippen molar-refractivity contribution in [2.24, 2.45) is 0 Å². The van der Waals surface area contributed by atoms with E-state index in [1.807, 2.05) is 58.1 Å². The minimum Gasteiger partial charge on any atom is -0.334 e. The Balaban J connectivity index is 1.32. The summed E-state index contributed by atoms with van der Waals surface area (Å²) in [7, 11) is 0. The van der Waals surface area contributed by atoms with Crippen LogP contribution in [0.5, 0.6) is 0 Å². The Morgan fingerprint density at radius 3 is 2.81 bits per heavy atom. The molecule has 0 spiro atoms. The third-order valence-electron chi connectivity index (χ3n) is 5.05. The van der Waals surface area contributed by atoms with Crippen LogP contribution >= 0.6 is 11.3 Å². The average molecular weight is 374 g/mol. The molecule has 2 aromatic heterocycles. The summed E-state index contributed by atoms with van der Waals surface area (Å²) in [6, 6.07) is 17.9. The van der Waals surface area contributed by atoms with Gasteiger partial charge in [0.15, 0.2) is 0 Å². The maximum atomic E-state index is 12.8. The second-order valence-corrected chi connectivity index (χ2v) is 7.78. The average Bonchev–Trinajstić information content (AvgIpc) is 3.35. The zero-order chi connectivity index (χ0) is 18.2. The maximum absolute atomic E-state index is 12.8. The predicted octanol–water partition coefficient (Wildman–Crippen LogP) is 3.74. The molecule has 0 saturated heterocycles. The highest BCUT2D eigenvalue weighted by molar-refractivity contribution is 7.10. The zero-order valence-corrected chi connectivity index (χ0v) is 15.5. The second kappa shape index (κ2) is 6.63. The largest absolute Gasteiger partial charge is 0.334 e. The Morgan fingerprint density at radius 2 is 1.93 bits per heavy atom. The van der Waals surface area contributed by atoms with Crippen LogP contribution in [0.1, 0.15) is 26.4 Å². The van der Waals surface area contributed by atoms with E-state index in [4.69, 9.17) is 0 Å². The van der Waals surface area contributed by atoms with Crippen molar-refractivity contribution in [3.8, 4) is 0 Å². The van der Waals surface area contributed by atoms with Crippen LogP contribution < -0.4 is 0 Å². The molecule has 1 aliphatic heterocycles. The molecule has 0 saturated carbocycles. The molecular weight excluding hydrogens is 356 g/mol. The third-order valence-corrected chi connectivity index (χ3v) is 6.07. The van der Waals surface area contributed by atoms with Crippen molar-refractivity contribution in [1.82, 2.24) is 19.9 Å². The second-order valence-electron chi connectivity index (χ2n) is 6.78. The van der Waals surface area contributed by atoms with Gasteiger partial charge in [-0.05, 0) is 53.3 Å². The molecule has 0 atom stereocenters. The van der Waals surface area contributed by atoms with Crippen LogP contribution in [0.2, 0.25) is 0 Å². The molecule has 5 rings (SSSR count). The standard InChI is InChI=1S/C21H18N4OS/c26-21(24-11-9-20-17(14-24)10-12-27-20)16-7-5-15(6-8-16)13-25-19-4-2-1-3-18(19)22-23-25/h1-8,10,12H,9,11,13-14H2. The fraction of sp³-hybridized carbons (Fsp3) is 0.190. The maximum Gasteiger partial charge on any atom is 0.254 e. The first-order valence-corrected chi connectivity index (χ1v) is 9.87. The van der Waals surface area contributed by atoms with E-state index < -0.39 is 0 Å². The third kappa shape index (κ3) is 3.02. The minimum absolute atomic E-state index is 0.101. The number of amides is 1. The van der Waals surface area contributed by atoms with Crippen LogP contribution in [0.3, 0.4) is 0 Å². The number of carbonyl (C=O) groups excluding carboxylic acids is 1. The lowest BCUT2D eigenvalue weighted by atomic mass is 10.1. The van der Waals surface area contributed by atoms with Gasteiger partial charge in [0.05, 0.1) is 12.1 Å². The Hall–Kier alpha value is -2.99. The Bertz CT molecular complexity index is 1110. The molecule has 0 bridgehead atoms. The first kappa shape index (κ1) is 16.2. The van der Waals surface area contributed by atoms with E-state index in [1.54, 1.807) is 11.3 Å². The molecule has 0 N–H and O–H groups in total. The molecular formula is C21H18N4OS. The number of thiophene rings is 1. The van der Waals surface area contributed by atoms with Crippen molar-refractivity contribution in [1.29, 1.82) is 0 Å². The fourth-order valence-electron chi connectivity index (χ4n) is 3.56. The van der Waals surface area contributed by atoms with Crippen LogP contribution in [0.15, 0.2) is 60.0 Å². The highest BCUT2D eigenvalue weighted by atomic mass is 32.1. The first-order chi connectivity index (χ1) is 13.3. The van der Waals surface area contributed by atoms with E-state index in [-0.39, 0.29) is 5.91 Å². The van der Waals surface area contributed by atoms with Gasteiger partial charge in [0.25, 0.3) is 5.91 Å². The van der Waals surface area contributed by atoms with Gasteiger partial charge in [-0.1, -0.05) is 29.5 Å². The van der Waals surface area contributed by atoms with Gasteiger partial charge in [-0.3, -0.25) is 4.79 Å². The zero-order valence-electron chi connectivity index (χ0n) is 14.7. The highest BCUT2D eigenvalue weighted by Gasteiger charge is 2.22. The molecule has 2 aromatic carbocycles. The lowest BCUT2D eigenvalue weighted by Gasteiger charge is -2.27. The summed E-state index contributed by atoms with van der Waals surface area (Å²) in [5, 5.41) is 10.5. The molecule has 0 radical (unpaired) electrons. The van der Waals surface area contributed by atoms with Crippen molar-refractivity contribution >= 4 is 28.3 Å². The smallest absolute Gasteiger partial charge is 0.254 e. The number of rotatable bonds is 3. The molecule has 0 aliphatic carbocycles. The highest BCUT2D eigenvalue weighted by Crippen LogP contribution is 2.25. The number of aromatic nitrogens is 3. The molecule has 3 heterocycles. The van der Waals surface area contributed by atoms with Gasteiger partial charge in [-0.15, -0.1) is 16.4 Å². The fourth-order valence-corrected chi connectivity index (χ4v) is 4.45. The number of carbonyl (C=O) groups is 1. The van der Waals surface area contributed by atoms with Crippen molar-refractivity contribution < 1.29 is 4.79 Å². The van der Waals surface area contributed by atoms with Crippen molar-refractivity contribution in [3.63, 3.8) is 0 Å². The molecule has 0 fully saturated rings. The van der Waals surface area contributed by atoms with Crippen molar-refractivity contribution in [3.05, 3.63) is 81.5 Å². The Morgan fingerprint density at radius 1 is 1.07 bits per heavy atom. The van der Waals surface area contributed by atoms with Crippen LogP contribution in [0.4, 0.5) is 0 Å². The summed E-state index contributed by atoms with van der Waals surface area (Å²) in [4.78, 5) is 16.2. The molecule has 27 heavy (non-hydrogen) atoms. The SMILES string of the molecule is O=C(c1ccc(Cn2nnc3ccccc32)cc1)N1CCc2sccc2C1. The van der Waals surface area contributed by atoms with Crippen LogP contribution in [0, 0.1) is 0 Å². The van der Waals surface area contributed by atoms with Crippen LogP contribution in [-0.2, 0) is 19.5 Å². The van der Waals surface area contributed by atoms with E-state index in [2.05, 4.69) is 21.8 Å². The van der Waals surface area contributed by atoms with Crippen molar-refractivity contribution in [2.45, 2.75) is 19.5 Å². The Kier molecular flexibility index (Phi) is 3.98.